The molecule has 2 aromatic heterocycles. The van der Waals surface area contributed by atoms with E-state index in [4.69, 9.17) is 9.63 Å². The van der Waals surface area contributed by atoms with E-state index in [-0.39, 0.29) is 5.56 Å². The maximum atomic E-state index is 10.8. The van der Waals surface area contributed by atoms with E-state index >= 15 is 0 Å². The minimum atomic E-state index is -0.968. The molecule has 116 valence electrons. The van der Waals surface area contributed by atoms with Crippen LogP contribution in [0.5, 0.6) is 0 Å². The van der Waals surface area contributed by atoms with Gasteiger partial charge in [-0.3, -0.25) is 4.98 Å². The van der Waals surface area contributed by atoms with Crippen LogP contribution in [0.15, 0.2) is 53.2 Å². The van der Waals surface area contributed by atoms with Crippen molar-refractivity contribution in [2.75, 3.05) is 0 Å². The number of carboxylic acid groups (broad SMARTS) is 1. The van der Waals surface area contributed by atoms with Gasteiger partial charge < -0.3 is 14.9 Å². The second-order valence-corrected chi connectivity index (χ2v) is 4.82. The fourth-order valence-electron chi connectivity index (χ4n) is 2.01. The molecule has 2 heterocycles. The first-order valence-electron chi connectivity index (χ1n) is 6.99. The average Bonchev–Trinajstić information content (AvgIpc) is 3.05. The summed E-state index contributed by atoms with van der Waals surface area (Å²) in [4.78, 5) is 19.3. The summed E-state index contributed by atoms with van der Waals surface area (Å²) in [5, 5.41) is 15.9. The maximum Gasteiger partial charge on any atom is 0.335 e. The zero-order valence-corrected chi connectivity index (χ0v) is 12.1. The number of hydrogen-bond acceptors (Lipinski definition) is 6. The van der Waals surface area contributed by atoms with Crippen LogP contribution in [0.25, 0.3) is 11.4 Å². The van der Waals surface area contributed by atoms with E-state index in [0.717, 1.165) is 5.69 Å². The Morgan fingerprint density at radius 1 is 1.13 bits per heavy atom. The van der Waals surface area contributed by atoms with Gasteiger partial charge in [-0.2, -0.15) is 4.98 Å². The van der Waals surface area contributed by atoms with Crippen LogP contribution in [0.1, 0.15) is 21.9 Å². The van der Waals surface area contributed by atoms with Crippen LogP contribution in [-0.2, 0) is 13.1 Å². The molecule has 0 radical (unpaired) electrons. The van der Waals surface area contributed by atoms with Gasteiger partial charge in [0, 0.05) is 18.3 Å². The lowest BCUT2D eigenvalue weighted by atomic mass is 10.1. The fourth-order valence-corrected chi connectivity index (χ4v) is 2.01. The van der Waals surface area contributed by atoms with Crippen LogP contribution in [0.4, 0.5) is 0 Å². The highest BCUT2D eigenvalue weighted by molar-refractivity contribution is 5.88. The zero-order valence-electron chi connectivity index (χ0n) is 12.1. The Morgan fingerprint density at radius 2 is 1.96 bits per heavy atom. The molecule has 0 aliphatic rings. The zero-order chi connectivity index (χ0) is 16.1. The Balaban J connectivity index is 1.60. The van der Waals surface area contributed by atoms with Gasteiger partial charge in [-0.25, -0.2) is 4.79 Å². The van der Waals surface area contributed by atoms with Crippen LogP contribution in [0.3, 0.4) is 0 Å². The number of carboxylic acids is 1. The number of benzene rings is 1. The number of aromatic carboxylic acids is 1. The number of hydrogen-bond donors (Lipinski definition) is 2. The van der Waals surface area contributed by atoms with Crippen molar-refractivity contribution in [3.63, 3.8) is 0 Å². The molecule has 0 aliphatic heterocycles. The van der Waals surface area contributed by atoms with E-state index in [1.165, 1.54) is 12.1 Å². The van der Waals surface area contributed by atoms with Crippen molar-refractivity contribution in [1.29, 1.82) is 0 Å². The van der Waals surface area contributed by atoms with Crippen molar-refractivity contribution in [3.05, 3.63) is 65.8 Å². The van der Waals surface area contributed by atoms with Crippen molar-refractivity contribution < 1.29 is 14.4 Å². The molecule has 0 saturated carbocycles. The molecule has 0 unspecified atom stereocenters. The van der Waals surface area contributed by atoms with Crippen LogP contribution in [0.2, 0.25) is 0 Å². The number of carbonyl (C=O) groups is 1. The normalized spacial score (nSPS) is 10.6. The standard InChI is InChI=1S/C16H14N4O3/c21-16(22)12-6-4-11(5-7-12)15-19-14(23-20-15)10-17-9-13-3-1-2-8-18-13/h1-8,17H,9-10H2,(H,21,22). The van der Waals surface area contributed by atoms with E-state index in [1.54, 1.807) is 18.3 Å². The third kappa shape index (κ3) is 3.78. The highest BCUT2D eigenvalue weighted by Gasteiger charge is 2.09. The fraction of sp³-hybridized carbons (Fsp3) is 0.125. The van der Waals surface area contributed by atoms with Gasteiger partial charge in [0.25, 0.3) is 0 Å². The Hall–Kier alpha value is -3.06. The Morgan fingerprint density at radius 3 is 2.65 bits per heavy atom. The summed E-state index contributed by atoms with van der Waals surface area (Å²) in [6, 6.07) is 12.0. The summed E-state index contributed by atoms with van der Waals surface area (Å²) < 4.78 is 5.17. The molecular formula is C16H14N4O3. The number of pyridine rings is 1. The highest BCUT2D eigenvalue weighted by Crippen LogP contribution is 2.16. The molecule has 0 fully saturated rings. The molecule has 0 amide bonds. The van der Waals surface area contributed by atoms with Crippen molar-refractivity contribution in [3.8, 4) is 11.4 Å². The molecule has 0 saturated heterocycles. The Kier molecular flexibility index (Phi) is 4.39. The van der Waals surface area contributed by atoms with E-state index in [0.29, 0.717) is 30.4 Å². The minimum Gasteiger partial charge on any atom is -0.478 e. The van der Waals surface area contributed by atoms with Crippen LogP contribution in [-0.4, -0.2) is 26.2 Å². The first-order chi connectivity index (χ1) is 11.2. The van der Waals surface area contributed by atoms with Gasteiger partial charge >= 0.3 is 5.97 Å². The summed E-state index contributed by atoms with van der Waals surface area (Å²) in [7, 11) is 0. The number of nitrogens with zero attached hydrogens (tertiary/aromatic N) is 3. The topological polar surface area (TPSA) is 101 Å². The first kappa shape index (κ1) is 14.9. The summed E-state index contributed by atoms with van der Waals surface area (Å²) in [5.41, 5.74) is 1.85. The van der Waals surface area contributed by atoms with Crippen LogP contribution < -0.4 is 5.32 Å². The number of rotatable bonds is 6. The minimum absolute atomic E-state index is 0.217. The van der Waals surface area contributed by atoms with Crippen LogP contribution >= 0.6 is 0 Å². The lowest BCUT2D eigenvalue weighted by molar-refractivity contribution is 0.0697. The molecule has 23 heavy (non-hydrogen) atoms. The van der Waals surface area contributed by atoms with Crippen molar-refractivity contribution in [2.45, 2.75) is 13.1 Å². The molecule has 7 heteroatoms. The Bertz CT molecular complexity index is 785. The van der Waals surface area contributed by atoms with Crippen molar-refractivity contribution in [2.24, 2.45) is 0 Å². The highest BCUT2D eigenvalue weighted by atomic mass is 16.5. The average molecular weight is 310 g/mol. The summed E-state index contributed by atoms with van der Waals surface area (Å²) in [6.07, 6.45) is 1.74. The second-order valence-electron chi connectivity index (χ2n) is 4.82. The SMILES string of the molecule is O=C(O)c1ccc(-c2noc(CNCc3ccccn3)n2)cc1. The summed E-state index contributed by atoms with van der Waals surface area (Å²) in [5.74, 6) is -0.0844. The van der Waals surface area contributed by atoms with E-state index in [2.05, 4.69) is 20.4 Å². The molecule has 0 spiro atoms. The number of aromatic nitrogens is 3. The van der Waals surface area contributed by atoms with Gasteiger partial charge in [0.15, 0.2) is 0 Å². The van der Waals surface area contributed by atoms with Crippen LogP contribution in [0, 0.1) is 0 Å². The van der Waals surface area contributed by atoms with Gasteiger partial charge in [-0.1, -0.05) is 23.4 Å². The molecule has 2 N–H and O–H groups in total. The van der Waals surface area contributed by atoms with Gasteiger partial charge in [-0.05, 0) is 24.3 Å². The molecule has 0 aliphatic carbocycles. The smallest absolute Gasteiger partial charge is 0.335 e. The summed E-state index contributed by atoms with van der Waals surface area (Å²) >= 11 is 0. The lowest BCUT2D eigenvalue weighted by Crippen LogP contribution is -2.13. The van der Waals surface area contributed by atoms with Gasteiger partial charge in [0.1, 0.15) is 0 Å². The van der Waals surface area contributed by atoms with E-state index in [9.17, 15) is 4.79 Å². The molecular weight excluding hydrogens is 296 g/mol. The van der Waals surface area contributed by atoms with E-state index < -0.39 is 5.97 Å². The number of nitrogens with one attached hydrogen (secondary N) is 1. The summed E-state index contributed by atoms with van der Waals surface area (Å²) in [6.45, 7) is 1.03. The second kappa shape index (κ2) is 6.80. The predicted molar refractivity (Wildman–Crippen MR) is 81.5 cm³/mol. The lowest BCUT2D eigenvalue weighted by Gasteiger charge is -2.00. The quantitative estimate of drug-likeness (QED) is 0.719. The first-order valence-corrected chi connectivity index (χ1v) is 6.99. The van der Waals surface area contributed by atoms with Crippen molar-refractivity contribution >= 4 is 5.97 Å². The van der Waals surface area contributed by atoms with Gasteiger partial charge in [0.05, 0.1) is 17.8 Å². The molecule has 3 aromatic rings. The predicted octanol–water partition coefficient (Wildman–Crippen LogP) is 2.12. The largest absolute Gasteiger partial charge is 0.478 e. The maximum absolute atomic E-state index is 10.8. The molecule has 3 rings (SSSR count). The van der Waals surface area contributed by atoms with Gasteiger partial charge in [0.2, 0.25) is 11.7 Å². The van der Waals surface area contributed by atoms with E-state index in [1.807, 2.05) is 18.2 Å². The monoisotopic (exact) mass is 310 g/mol. The Labute approximate surface area is 132 Å². The molecule has 7 nitrogen and oxygen atoms in total. The third-order valence-corrected chi connectivity index (χ3v) is 3.17. The molecule has 1 aromatic carbocycles. The molecule has 0 bridgehead atoms. The molecule has 0 atom stereocenters. The van der Waals surface area contributed by atoms with Gasteiger partial charge in [-0.15, -0.1) is 0 Å². The van der Waals surface area contributed by atoms with Crippen molar-refractivity contribution in [1.82, 2.24) is 20.4 Å². The third-order valence-electron chi connectivity index (χ3n) is 3.17.